The maximum absolute atomic E-state index is 15.2. The van der Waals surface area contributed by atoms with E-state index in [0.29, 0.717) is 11.3 Å². The minimum Gasteiger partial charge on any atom is -0.466 e. The summed E-state index contributed by atoms with van der Waals surface area (Å²) in [6, 6.07) is 5.86. The largest absolute Gasteiger partial charge is 0.466 e. The van der Waals surface area contributed by atoms with Crippen LogP contribution in [0.3, 0.4) is 0 Å². The summed E-state index contributed by atoms with van der Waals surface area (Å²) in [5.41, 5.74) is 1.89. The molecule has 3 aromatic rings. The number of carbonyl (C=O) groups is 2. The highest BCUT2D eigenvalue weighted by atomic mass is 19.1. The van der Waals surface area contributed by atoms with E-state index < -0.39 is 29.8 Å². The molecule has 1 aromatic carbocycles. The Kier molecular flexibility index (Phi) is 6.78. The number of aryl methyl sites for hydroxylation is 1. The van der Waals surface area contributed by atoms with Crippen LogP contribution < -0.4 is 0 Å². The first-order chi connectivity index (χ1) is 16.3. The van der Waals surface area contributed by atoms with Crippen molar-refractivity contribution in [2.75, 3.05) is 26.3 Å². The SMILES string of the molecule is CCOC(=O)Cc1cc(F)c(-c2nc3cc(C)ccn3c2CC2CN(C(=O)O)CCO2)c(F)c1. The van der Waals surface area contributed by atoms with Crippen molar-refractivity contribution in [1.29, 1.82) is 0 Å². The molecular weight excluding hydrogens is 448 g/mol. The van der Waals surface area contributed by atoms with E-state index in [4.69, 9.17) is 9.47 Å². The number of fused-ring (bicyclic) bond motifs is 1. The Hall–Kier alpha value is -3.53. The average molecular weight is 473 g/mol. The number of rotatable bonds is 6. The molecule has 10 heteroatoms. The van der Waals surface area contributed by atoms with Gasteiger partial charge in [0.05, 0.1) is 49.2 Å². The summed E-state index contributed by atoms with van der Waals surface area (Å²) in [7, 11) is 0. The van der Waals surface area contributed by atoms with Gasteiger partial charge in [-0.1, -0.05) is 0 Å². The summed E-state index contributed by atoms with van der Waals surface area (Å²) in [5, 5.41) is 9.33. The first-order valence-corrected chi connectivity index (χ1v) is 11.0. The zero-order valence-corrected chi connectivity index (χ0v) is 18.9. The number of halogens is 2. The Balaban J connectivity index is 1.75. The number of ether oxygens (including phenoxy) is 2. The maximum Gasteiger partial charge on any atom is 0.407 e. The van der Waals surface area contributed by atoms with Gasteiger partial charge in [-0.25, -0.2) is 18.6 Å². The van der Waals surface area contributed by atoms with Crippen LogP contribution in [0.15, 0.2) is 30.5 Å². The van der Waals surface area contributed by atoms with Gasteiger partial charge in [-0.15, -0.1) is 0 Å². The fourth-order valence-corrected chi connectivity index (χ4v) is 4.16. The molecule has 0 aliphatic carbocycles. The standard InChI is InChI=1S/C24H25F2N3O5/c1-3-33-21(30)11-15-9-17(25)22(18(26)10-15)23-19(29-5-4-14(2)8-20(29)27-23)12-16-13-28(24(31)32)6-7-34-16/h4-5,8-10,16H,3,6-7,11-13H2,1-2H3,(H,31,32). The van der Waals surface area contributed by atoms with E-state index in [1.165, 1.54) is 4.90 Å². The fourth-order valence-electron chi connectivity index (χ4n) is 4.16. The van der Waals surface area contributed by atoms with E-state index in [2.05, 4.69) is 4.98 Å². The molecule has 180 valence electrons. The lowest BCUT2D eigenvalue weighted by Gasteiger charge is -2.31. The smallest absolute Gasteiger partial charge is 0.407 e. The molecule has 8 nitrogen and oxygen atoms in total. The van der Waals surface area contributed by atoms with E-state index in [-0.39, 0.29) is 56.0 Å². The summed E-state index contributed by atoms with van der Waals surface area (Å²) in [5.74, 6) is -2.27. The Morgan fingerprint density at radius 2 is 2.00 bits per heavy atom. The highest BCUT2D eigenvalue weighted by Crippen LogP contribution is 2.32. The van der Waals surface area contributed by atoms with E-state index >= 15 is 8.78 Å². The second kappa shape index (κ2) is 9.76. The second-order valence-electron chi connectivity index (χ2n) is 8.18. The third-order valence-corrected chi connectivity index (χ3v) is 5.70. The molecule has 1 aliphatic rings. The van der Waals surface area contributed by atoms with Crippen molar-refractivity contribution >= 4 is 17.7 Å². The summed E-state index contributed by atoms with van der Waals surface area (Å²) in [6.07, 6.45) is 0.169. The van der Waals surface area contributed by atoms with Gasteiger partial charge in [0.15, 0.2) is 0 Å². The van der Waals surface area contributed by atoms with Crippen LogP contribution in [0.1, 0.15) is 23.7 Å². The number of hydrogen-bond acceptors (Lipinski definition) is 5. The Morgan fingerprint density at radius 3 is 2.68 bits per heavy atom. The number of aromatic nitrogens is 2. The topological polar surface area (TPSA) is 93.4 Å². The number of hydrogen-bond donors (Lipinski definition) is 1. The van der Waals surface area contributed by atoms with Gasteiger partial charge in [-0.05, 0) is 49.2 Å². The van der Waals surface area contributed by atoms with Gasteiger partial charge in [-0.2, -0.15) is 0 Å². The lowest BCUT2D eigenvalue weighted by molar-refractivity contribution is -0.142. The van der Waals surface area contributed by atoms with Gasteiger partial charge in [0.1, 0.15) is 17.3 Å². The van der Waals surface area contributed by atoms with Gasteiger partial charge in [0.25, 0.3) is 0 Å². The summed E-state index contributed by atoms with van der Waals surface area (Å²) in [6.45, 7) is 4.34. The molecule has 1 fully saturated rings. The molecule has 2 aromatic heterocycles. The van der Waals surface area contributed by atoms with Crippen molar-refractivity contribution in [1.82, 2.24) is 14.3 Å². The minimum atomic E-state index is -1.04. The minimum absolute atomic E-state index is 0.110. The molecule has 4 rings (SSSR count). The van der Waals surface area contributed by atoms with Gasteiger partial charge < -0.3 is 23.9 Å². The first-order valence-electron chi connectivity index (χ1n) is 11.0. The van der Waals surface area contributed by atoms with Gasteiger partial charge in [0.2, 0.25) is 0 Å². The van der Waals surface area contributed by atoms with Crippen LogP contribution >= 0.6 is 0 Å². The number of amides is 1. The normalized spacial score (nSPS) is 16.1. The highest BCUT2D eigenvalue weighted by molar-refractivity contribution is 5.74. The van der Waals surface area contributed by atoms with Crippen molar-refractivity contribution in [2.24, 2.45) is 0 Å². The summed E-state index contributed by atoms with van der Waals surface area (Å²) >= 11 is 0. The molecule has 1 aliphatic heterocycles. The first kappa shape index (κ1) is 23.6. The number of carbonyl (C=O) groups excluding carboxylic acids is 1. The molecule has 0 spiro atoms. The number of nitrogens with zero attached hydrogens (tertiary/aromatic N) is 3. The highest BCUT2D eigenvalue weighted by Gasteiger charge is 2.28. The van der Waals surface area contributed by atoms with E-state index in [0.717, 1.165) is 17.7 Å². The van der Waals surface area contributed by atoms with Crippen molar-refractivity contribution in [3.05, 3.63) is 58.9 Å². The maximum atomic E-state index is 15.2. The predicted molar refractivity (Wildman–Crippen MR) is 119 cm³/mol. The zero-order valence-electron chi connectivity index (χ0n) is 18.9. The predicted octanol–water partition coefficient (Wildman–Crippen LogP) is 3.61. The molecule has 1 N–H and O–H groups in total. The number of benzene rings is 1. The van der Waals surface area contributed by atoms with Crippen LogP contribution in [0, 0.1) is 18.6 Å². The number of imidazole rings is 1. The molecule has 1 saturated heterocycles. The van der Waals surface area contributed by atoms with Crippen LogP contribution in [-0.2, 0) is 27.1 Å². The van der Waals surface area contributed by atoms with Crippen LogP contribution in [0.2, 0.25) is 0 Å². The van der Waals surface area contributed by atoms with Crippen molar-refractivity contribution in [3.63, 3.8) is 0 Å². The molecule has 3 heterocycles. The summed E-state index contributed by atoms with van der Waals surface area (Å²) < 4.78 is 42.8. The number of esters is 1. The molecule has 1 atom stereocenters. The van der Waals surface area contributed by atoms with Crippen molar-refractivity contribution < 1.29 is 33.0 Å². The third-order valence-electron chi connectivity index (χ3n) is 5.70. The molecule has 1 amide bonds. The number of carboxylic acid groups (broad SMARTS) is 1. The van der Waals surface area contributed by atoms with Gasteiger partial charge in [-0.3, -0.25) is 4.79 Å². The van der Waals surface area contributed by atoms with Crippen molar-refractivity contribution in [2.45, 2.75) is 32.8 Å². The molecule has 1 unspecified atom stereocenters. The molecule has 34 heavy (non-hydrogen) atoms. The monoisotopic (exact) mass is 473 g/mol. The molecular formula is C24H25F2N3O5. The van der Waals surface area contributed by atoms with E-state index in [1.807, 2.05) is 13.0 Å². The lowest BCUT2D eigenvalue weighted by atomic mass is 10.0. The van der Waals surface area contributed by atoms with E-state index in [9.17, 15) is 14.7 Å². The van der Waals surface area contributed by atoms with Gasteiger partial charge >= 0.3 is 12.1 Å². The third kappa shape index (κ3) is 4.86. The second-order valence-corrected chi connectivity index (χ2v) is 8.18. The molecule has 0 radical (unpaired) electrons. The number of morpholine rings is 1. The Morgan fingerprint density at radius 1 is 1.26 bits per heavy atom. The molecule has 0 saturated carbocycles. The van der Waals surface area contributed by atoms with Crippen molar-refractivity contribution in [3.8, 4) is 11.3 Å². The zero-order chi connectivity index (χ0) is 24.4. The van der Waals surface area contributed by atoms with Crippen LogP contribution in [0.5, 0.6) is 0 Å². The Bertz CT molecular complexity index is 1220. The molecule has 0 bridgehead atoms. The quantitative estimate of drug-likeness (QED) is 0.550. The van der Waals surface area contributed by atoms with Crippen LogP contribution in [0.4, 0.5) is 13.6 Å². The number of pyridine rings is 1. The Labute approximate surface area is 194 Å². The fraction of sp³-hybridized carbons (Fsp3) is 0.375. The van der Waals surface area contributed by atoms with E-state index in [1.54, 1.807) is 23.6 Å². The van der Waals surface area contributed by atoms with Crippen LogP contribution in [-0.4, -0.2) is 63.9 Å². The lowest BCUT2D eigenvalue weighted by Crippen LogP contribution is -2.45. The van der Waals surface area contributed by atoms with Gasteiger partial charge in [0, 0.05) is 19.2 Å². The average Bonchev–Trinajstić information content (AvgIpc) is 3.10. The van der Waals surface area contributed by atoms with Crippen LogP contribution in [0.25, 0.3) is 16.9 Å². The summed E-state index contributed by atoms with van der Waals surface area (Å²) in [4.78, 5) is 28.9.